The van der Waals surface area contributed by atoms with Crippen LogP contribution in [0.1, 0.15) is 25.3 Å². The Labute approximate surface area is 167 Å². The zero-order valence-electron chi connectivity index (χ0n) is 16.5. The Morgan fingerprint density at radius 1 is 1.17 bits per heavy atom. The minimum atomic E-state index is -2.54. The van der Waals surface area contributed by atoms with Crippen LogP contribution < -0.4 is 20.5 Å². The molecule has 2 aromatic heterocycles. The topological polar surface area (TPSA) is 100 Å². The largest absolute Gasteiger partial charge is 0.496 e. The average molecular weight is 406 g/mol. The number of nitrogens with two attached hydrogens (primary N) is 1. The van der Waals surface area contributed by atoms with Crippen molar-refractivity contribution in [2.75, 3.05) is 25.3 Å². The number of anilines is 2. The molecule has 0 fully saturated rings. The quantitative estimate of drug-likeness (QED) is 0.562. The van der Waals surface area contributed by atoms with Crippen LogP contribution in [0.25, 0.3) is 11.0 Å². The van der Waals surface area contributed by atoms with Gasteiger partial charge in [-0.05, 0) is 18.6 Å². The highest BCUT2D eigenvalue weighted by atomic mass is 19.3. The molecule has 1 unspecified atom stereocenters. The second kappa shape index (κ2) is 8.89. The summed E-state index contributed by atoms with van der Waals surface area (Å²) in [6, 6.07) is 4.43. The number of nitrogen functional groups attached to an aromatic ring is 1. The fourth-order valence-corrected chi connectivity index (χ4v) is 3.15. The monoisotopic (exact) mass is 406 g/mol. The van der Waals surface area contributed by atoms with E-state index in [2.05, 4.69) is 20.4 Å². The number of nitrogens with one attached hydrogen (secondary N) is 1. The lowest BCUT2D eigenvalue weighted by Crippen LogP contribution is -2.28. The molecule has 2 heterocycles. The second-order valence-corrected chi connectivity index (χ2v) is 6.51. The lowest BCUT2D eigenvalue weighted by atomic mass is 10.1. The normalized spacial score (nSPS) is 12.3. The summed E-state index contributed by atoms with van der Waals surface area (Å²) in [5.74, 6) is 1.47. The number of halogens is 2. The van der Waals surface area contributed by atoms with Gasteiger partial charge in [0.15, 0.2) is 11.3 Å². The summed E-state index contributed by atoms with van der Waals surface area (Å²) in [6.07, 6.45) is 0.0403. The van der Waals surface area contributed by atoms with Crippen LogP contribution in [0.15, 0.2) is 24.4 Å². The predicted octanol–water partition coefficient (Wildman–Crippen LogP) is 3.32. The standard InChI is InChI=1S/C19H24F2N6O2/c1-4-6-12(17(20)21)23-18-16-13(24-19(22)25-18)10-27(26-16)9-11-14(28-2)7-5-8-15(11)29-3/h5,7-8,10,12,17H,4,6,9H2,1-3H3,(H3,22,23,24,25). The Kier molecular flexibility index (Phi) is 6.30. The van der Waals surface area contributed by atoms with Gasteiger partial charge in [-0.15, -0.1) is 0 Å². The smallest absolute Gasteiger partial charge is 0.258 e. The number of alkyl halides is 2. The van der Waals surface area contributed by atoms with E-state index in [0.717, 1.165) is 5.56 Å². The zero-order chi connectivity index (χ0) is 21.0. The first-order chi connectivity index (χ1) is 14.0. The maximum absolute atomic E-state index is 13.3. The maximum atomic E-state index is 13.3. The Balaban J connectivity index is 1.99. The van der Waals surface area contributed by atoms with Crippen molar-refractivity contribution in [2.45, 2.75) is 38.8 Å². The van der Waals surface area contributed by atoms with Crippen LogP contribution >= 0.6 is 0 Å². The maximum Gasteiger partial charge on any atom is 0.258 e. The first-order valence-corrected chi connectivity index (χ1v) is 9.22. The molecule has 0 aliphatic heterocycles. The van der Waals surface area contributed by atoms with Crippen molar-refractivity contribution in [3.05, 3.63) is 30.0 Å². The van der Waals surface area contributed by atoms with Crippen LogP contribution in [-0.2, 0) is 6.54 Å². The van der Waals surface area contributed by atoms with E-state index in [4.69, 9.17) is 15.2 Å². The van der Waals surface area contributed by atoms with Crippen LogP contribution in [0.4, 0.5) is 20.5 Å². The van der Waals surface area contributed by atoms with Crippen molar-refractivity contribution in [2.24, 2.45) is 0 Å². The van der Waals surface area contributed by atoms with Crippen molar-refractivity contribution in [3.8, 4) is 11.5 Å². The molecule has 0 saturated carbocycles. The molecule has 29 heavy (non-hydrogen) atoms. The highest BCUT2D eigenvalue weighted by Gasteiger charge is 2.22. The Morgan fingerprint density at radius 2 is 1.86 bits per heavy atom. The van der Waals surface area contributed by atoms with Gasteiger partial charge in [-0.1, -0.05) is 19.4 Å². The van der Waals surface area contributed by atoms with Gasteiger partial charge in [-0.25, -0.2) is 13.8 Å². The zero-order valence-corrected chi connectivity index (χ0v) is 16.5. The van der Waals surface area contributed by atoms with Gasteiger partial charge in [0.25, 0.3) is 6.43 Å². The average Bonchev–Trinajstić information content (AvgIpc) is 3.10. The summed E-state index contributed by atoms with van der Waals surface area (Å²) < 4.78 is 39.1. The van der Waals surface area contributed by atoms with Crippen LogP contribution in [0.3, 0.4) is 0 Å². The third kappa shape index (κ3) is 4.47. The molecule has 1 aromatic carbocycles. The lowest BCUT2D eigenvalue weighted by Gasteiger charge is -2.17. The molecule has 3 aromatic rings. The number of hydrogen-bond acceptors (Lipinski definition) is 7. The summed E-state index contributed by atoms with van der Waals surface area (Å²) in [4.78, 5) is 8.27. The molecular weight excluding hydrogens is 382 g/mol. The van der Waals surface area contributed by atoms with Crippen LogP contribution in [0, 0.1) is 0 Å². The third-order valence-electron chi connectivity index (χ3n) is 4.50. The van der Waals surface area contributed by atoms with Crippen molar-refractivity contribution >= 4 is 22.8 Å². The SMILES string of the molecule is CCCC(Nc1nc(N)nc2cn(Cc3c(OC)cccc3OC)nc12)C(F)F. The van der Waals surface area contributed by atoms with Crippen molar-refractivity contribution < 1.29 is 18.3 Å². The first-order valence-electron chi connectivity index (χ1n) is 9.22. The summed E-state index contributed by atoms with van der Waals surface area (Å²) in [6.45, 7) is 2.17. The summed E-state index contributed by atoms with van der Waals surface area (Å²) in [7, 11) is 3.15. The van der Waals surface area contributed by atoms with E-state index in [1.54, 1.807) is 25.1 Å². The molecule has 1 atom stereocenters. The van der Waals surface area contributed by atoms with Crippen LogP contribution in [-0.4, -0.2) is 46.4 Å². The number of aromatic nitrogens is 4. The molecule has 0 amide bonds. The van der Waals surface area contributed by atoms with E-state index in [-0.39, 0.29) is 11.8 Å². The minimum Gasteiger partial charge on any atom is -0.496 e. The molecule has 0 saturated heterocycles. The van der Waals surface area contributed by atoms with Gasteiger partial charge in [0.2, 0.25) is 5.95 Å². The van der Waals surface area contributed by atoms with Gasteiger partial charge in [0, 0.05) is 0 Å². The number of rotatable bonds is 9. The predicted molar refractivity (Wildman–Crippen MR) is 107 cm³/mol. The number of fused-ring (bicyclic) bond motifs is 1. The summed E-state index contributed by atoms with van der Waals surface area (Å²) >= 11 is 0. The molecule has 10 heteroatoms. The lowest BCUT2D eigenvalue weighted by molar-refractivity contribution is 0.120. The van der Waals surface area contributed by atoms with Gasteiger partial charge in [0.05, 0.1) is 38.6 Å². The van der Waals surface area contributed by atoms with Gasteiger partial charge in [-0.3, -0.25) is 4.68 Å². The first kappa shape index (κ1) is 20.6. The number of nitrogens with zero attached hydrogens (tertiary/aromatic N) is 4. The van der Waals surface area contributed by atoms with Gasteiger partial charge in [-0.2, -0.15) is 10.1 Å². The Morgan fingerprint density at radius 3 is 2.45 bits per heavy atom. The number of hydrogen-bond donors (Lipinski definition) is 2. The van der Waals surface area contributed by atoms with E-state index >= 15 is 0 Å². The van der Waals surface area contributed by atoms with Crippen molar-refractivity contribution in [1.29, 1.82) is 0 Å². The van der Waals surface area contributed by atoms with Gasteiger partial charge >= 0.3 is 0 Å². The van der Waals surface area contributed by atoms with E-state index < -0.39 is 12.5 Å². The molecule has 0 spiro atoms. The van der Waals surface area contributed by atoms with E-state index in [0.29, 0.717) is 41.9 Å². The fraction of sp³-hybridized carbons (Fsp3) is 0.421. The molecule has 8 nitrogen and oxygen atoms in total. The molecular formula is C19H24F2N6O2. The Hall–Kier alpha value is -3.17. The van der Waals surface area contributed by atoms with Gasteiger partial charge < -0.3 is 20.5 Å². The molecule has 0 aliphatic carbocycles. The van der Waals surface area contributed by atoms with Gasteiger partial charge in [0.1, 0.15) is 17.0 Å². The van der Waals surface area contributed by atoms with E-state index in [1.807, 2.05) is 25.1 Å². The molecule has 3 N–H and O–H groups in total. The molecule has 156 valence electrons. The highest BCUT2D eigenvalue weighted by molar-refractivity contribution is 5.86. The number of methoxy groups -OCH3 is 2. The molecule has 3 rings (SSSR count). The van der Waals surface area contributed by atoms with Crippen molar-refractivity contribution in [1.82, 2.24) is 19.7 Å². The van der Waals surface area contributed by atoms with E-state index in [9.17, 15) is 8.78 Å². The molecule has 0 bridgehead atoms. The second-order valence-electron chi connectivity index (χ2n) is 6.51. The number of ether oxygens (including phenoxy) is 2. The number of benzene rings is 1. The fourth-order valence-electron chi connectivity index (χ4n) is 3.15. The van der Waals surface area contributed by atoms with E-state index in [1.165, 1.54) is 0 Å². The molecule has 0 aliphatic rings. The van der Waals surface area contributed by atoms with Crippen molar-refractivity contribution in [3.63, 3.8) is 0 Å². The minimum absolute atomic E-state index is 0.0149. The van der Waals surface area contributed by atoms with Crippen LogP contribution in [0.2, 0.25) is 0 Å². The Bertz CT molecular complexity index is 956. The van der Waals surface area contributed by atoms with Crippen LogP contribution in [0.5, 0.6) is 11.5 Å². The summed E-state index contributed by atoms with van der Waals surface area (Å²) in [5.41, 5.74) is 7.39. The molecule has 0 radical (unpaired) electrons. The highest BCUT2D eigenvalue weighted by Crippen LogP contribution is 2.30. The summed E-state index contributed by atoms with van der Waals surface area (Å²) in [5, 5.41) is 7.27. The third-order valence-corrected chi connectivity index (χ3v) is 4.50.